The molecule has 0 fully saturated rings. The Morgan fingerprint density at radius 2 is 1.54 bits per heavy atom. The van der Waals surface area contributed by atoms with Gasteiger partial charge in [0.15, 0.2) is 0 Å². The molecule has 0 aromatic carbocycles. The molecule has 0 unspecified atom stereocenters. The van der Waals surface area contributed by atoms with Crippen molar-refractivity contribution < 1.29 is 0 Å². The van der Waals surface area contributed by atoms with Gasteiger partial charge in [0.05, 0.1) is 0 Å². The Morgan fingerprint density at radius 1 is 0.769 bits per heavy atom. The van der Waals surface area contributed by atoms with Crippen LogP contribution in [0.4, 0.5) is 0 Å². The van der Waals surface area contributed by atoms with Crippen LogP contribution < -0.4 is 10.4 Å². The molecule has 0 radical (unpaired) electrons. The Labute approximate surface area is 76.5 Å². The maximum atomic E-state index is 2.29. The average molecular weight is 166 g/mol. The Hall–Kier alpha value is -1.56. The van der Waals surface area contributed by atoms with Crippen LogP contribution in [0.5, 0.6) is 0 Å². The summed E-state index contributed by atoms with van der Waals surface area (Å²) in [5.74, 6) is 0. The highest BCUT2D eigenvalue weighted by molar-refractivity contribution is 5.45. The second-order valence-corrected chi connectivity index (χ2v) is 3.44. The molecule has 0 spiro atoms. The van der Waals surface area contributed by atoms with Crippen LogP contribution in [0.2, 0.25) is 0 Å². The van der Waals surface area contributed by atoms with Gasteiger partial charge in [0.25, 0.3) is 0 Å². The molecular formula is C13H10. The Bertz CT molecular complexity index is 620. The van der Waals surface area contributed by atoms with Crippen LogP contribution in [-0.2, 0) is 0 Å². The van der Waals surface area contributed by atoms with Gasteiger partial charge >= 0.3 is 0 Å². The fraction of sp³-hybridized carbons (Fsp3) is 0.0769. The third-order valence-electron chi connectivity index (χ3n) is 2.65. The molecule has 0 aromatic heterocycles. The van der Waals surface area contributed by atoms with Gasteiger partial charge in [-0.15, -0.1) is 0 Å². The molecular weight excluding hydrogens is 156 g/mol. The predicted molar refractivity (Wildman–Crippen MR) is 54.5 cm³/mol. The molecule has 3 aliphatic carbocycles. The fourth-order valence-electron chi connectivity index (χ4n) is 2.04. The lowest BCUT2D eigenvalue weighted by atomic mass is 10.1. The highest BCUT2D eigenvalue weighted by Gasteiger charge is 1.95. The summed E-state index contributed by atoms with van der Waals surface area (Å²) in [5, 5.41) is 5.53. The molecule has 3 aliphatic rings. The lowest BCUT2D eigenvalue weighted by molar-refractivity contribution is 1.40. The van der Waals surface area contributed by atoms with Crippen LogP contribution >= 0.6 is 0 Å². The minimum absolute atomic E-state index is 1.07. The number of hydrogen-bond acceptors (Lipinski definition) is 0. The van der Waals surface area contributed by atoms with Crippen LogP contribution in [0.1, 0.15) is 6.42 Å². The first kappa shape index (κ1) is 6.90. The van der Waals surface area contributed by atoms with Gasteiger partial charge < -0.3 is 0 Å². The highest BCUT2D eigenvalue weighted by atomic mass is 14.0. The van der Waals surface area contributed by atoms with Crippen molar-refractivity contribution in [2.45, 2.75) is 6.42 Å². The quantitative estimate of drug-likeness (QED) is 0.554. The van der Waals surface area contributed by atoms with Gasteiger partial charge in [-0.05, 0) is 27.3 Å². The van der Waals surface area contributed by atoms with E-state index in [0.717, 1.165) is 6.42 Å². The fourth-order valence-corrected chi connectivity index (χ4v) is 2.04. The van der Waals surface area contributed by atoms with Crippen molar-refractivity contribution in [3.63, 3.8) is 0 Å². The zero-order valence-electron chi connectivity index (χ0n) is 7.33. The summed E-state index contributed by atoms with van der Waals surface area (Å²) in [5.41, 5.74) is 0. The first-order chi connectivity index (χ1) is 6.45. The molecule has 0 heteroatoms. The molecule has 0 aliphatic heterocycles. The highest BCUT2D eigenvalue weighted by Crippen LogP contribution is 1.96. The first-order valence-corrected chi connectivity index (χ1v) is 4.63. The summed E-state index contributed by atoms with van der Waals surface area (Å²) < 4.78 is 0. The van der Waals surface area contributed by atoms with Crippen molar-refractivity contribution in [3.8, 4) is 0 Å². The van der Waals surface area contributed by atoms with E-state index < -0.39 is 0 Å². The third-order valence-corrected chi connectivity index (χ3v) is 2.65. The van der Waals surface area contributed by atoms with E-state index in [0.29, 0.717) is 0 Å². The lowest BCUT2D eigenvalue weighted by Gasteiger charge is -1.91. The zero-order valence-corrected chi connectivity index (χ0v) is 7.33. The second-order valence-electron chi connectivity index (χ2n) is 3.44. The molecule has 0 nitrogen and oxygen atoms in total. The summed E-state index contributed by atoms with van der Waals surface area (Å²) in [6.45, 7) is 0. The van der Waals surface area contributed by atoms with Gasteiger partial charge in [-0.1, -0.05) is 48.6 Å². The average Bonchev–Trinajstić information content (AvgIpc) is 2.44. The second kappa shape index (κ2) is 2.46. The number of hydrogen-bond donors (Lipinski definition) is 0. The summed E-state index contributed by atoms with van der Waals surface area (Å²) in [6, 6.07) is 13.0. The van der Waals surface area contributed by atoms with E-state index in [-0.39, 0.29) is 0 Å². The predicted octanol–water partition coefficient (Wildman–Crippen LogP) is 1.38. The monoisotopic (exact) mass is 166 g/mol. The van der Waals surface area contributed by atoms with Crippen LogP contribution in [-0.4, -0.2) is 0 Å². The van der Waals surface area contributed by atoms with E-state index in [2.05, 4.69) is 48.6 Å². The molecule has 0 heterocycles. The van der Waals surface area contributed by atoms with E-state index in [4.69, 9.17) is 0 Å². The standard InChI is InChI=1S/C13H10/c1-2-5-11-8-9-12-7-3-6-10(4-1)13(11)12/h1-2,4-9H,3H2. The molecule has 62 valence electrons. The van der Waals surface area contributed by atoms with E-state index in [1.165, 1.54) is 20.9 Å². The van der Waals surface area contributed by atoms with E-state index in [9.17, 15) is 0 Å². The summed E-state index contributed by atoms with van der Waals surface area (Å²) >= 11 is 0. The van der Waals surface area contributed by atoms with Crippen LogP contribution in [0.15, 0.2) is 36.4 Å². The van der Waals surface area contributed by atoms with E-state index >= 15 is 0 Å². The molecule has 0 bridgehead atoms. The minimum Gasteiger partial charge on any atom is -0.0728 e. The minimum atomic E-state index is 1.07. The molecule has 13 heavy (non-hydrogen) atoms. The Morgan fingerprint density at radius 3 is 2.46 bits per heavy atom. The van der Waals surface area contributed by atoms with Gasteiger partial charge in [0, 0.05) is 0 Å². The van der Waals surface area contributed by atoms with Gasteiger partial charge in [0.2, 0.25) is 0 Å². The topological polar surface area (TPSA) is 0 Å². The smallest absolute Gasteiger partial charge is 0.00450 e. The van der Waals surface area contributed by atoms with Crippen molar-refractivity contribution in [1.29, 1.82) is 0 Å². The van der Waals surface area contributed by atoms with E-state index in [1.807, 2.05) is 0 Å². The maximum Gasteiger partial charge on any atom is -0.00450 e. The molecule has 3 rings (SSSR count). The lowest BCUT2D eigenvalue weighted by Crippen LogP contribution is -2.14. The number of rotatable bonds is 0. The van der Waals surface area contributed by atoms with Crippen molar-refractivity contribution in [3.05, 3.63) is 57.3 Å². The third kappa shape index (κ3) is 0.919. The van der Waals surface area contributed by atoms with Crippen molar-refractivity contribution in [1.82, 2.24) is 0 Å². The molecule has 0 aromatic rings. The van der Waals surface area contributed by atoms with Gasteiger partial charge in [-0.3, -0.25) is 0 Å². The largest absolute Gasteiger partial charge is 0.0728 e. The molecule has 0 N–H and O–H groups in total. The van der Waals surface area contributed by atoms with Gasteiger partial charge in [0.1, 0.15) is 0 Å². The van der Waals surface area contributed by atoms with Crippen LogP contribution in [0.25, 0.3) is 12.2 Å². The van der Waals surface area contributed by atoms with Gasteiger partial charge in [-0.25, -0.2) is 0 Å². The Balaban J connectivity index is 2.85. The van der Waals surface area contributed by atoms with Crippen molar-refractivity contribution in [2.24, 2.45) is 0 Å². The maximum absolute atomic E-state index is 2.29. The van der Waals surface area contributed by atoms with Crippen LogP contribution in [0, 0.1) is 10.4 Å². The van der Waals surface area contributed by atoms with Crippen molar-refractivity contribution in [2.75, 3.05) is 0 Å². The Kier molecular flexibility index (Phi) is 1.31. The first-order valence-electron chi connectivity index (χ1n) is 4.63. The molecule has 0 saturated carbocycles. The zero-order chi connectivity index (χ0) is 8.67. The molecule has 0 amide bonds. The summed E-state index contributed by atoms with van der Waals surface area (Å²) in [6.07, 6.45) is 5.64. The normalized spacial score (nSPS) is 13.5. The summed E-state index contributed by atoms with van der Waals surface area (Å²) in [7, 11) is 0. The van der Waals surface area contributed by atoms with Crippen LogP contribution in [0.3, 0.4) is 0 Å². The van der Waals surface area contributed by atoms with Crippen molar-refractivity contribution >= 4 is 12.2 Å². The van der Waals surface area contributed by atoms with Gasteiger partial charge in [-0.2, -0.15) is 0 Å². The summed E-state index contributed by atoms with van der Waals surface area (Å²) in [4.78, 5) is 0. The molecule has 0 atom stereocenters. The van der Waals surface area contributed by atoms with E-state index in [1.54, 1.807) is 0 Å². The molecule has 0 saturated heterocycles. The SMILES string of the molecule is C1=c2ccccc3ccc(c2=3)=CC1.